The summed E-state index contributed by atoms with van der Waals surface area (Å²) < 4.78 is 0.829. The lowest BCUT2D eigenvalue weighted by Crippen LogP contribution is -2.17. The molecule has 1 amide bonds. The summed E-state index contributed by atoms with van der Waals surface area (Å²) in [4.78, 5) is 29.2. The molecule has 0 saturated heterocycles. The first-order valence-corrected chi connectivity index (χ1v) is 9.67. The van der Waals surface area contributed by atoms with Crippen LogP contribution in [0.4, 0.5) is 5.82 Å². The number of amidine groups is 1. The molecule has 0 spiro atoms. The maximum atomic E-state index is 12.7. The summed E-state index contributed by atoms with van der Waals surface area (Å²) in [5.41, 5.74) is 8.14. The number of anilines is 1. The van der Waals surface area contributed by atoms with Crippen molar-refractivity contribution in [1.29, 1.82) is 5.41 Å². The van der Waals surface area contributed by atoms with E-state index in [1.54, 1.807) is 42.6 Å². The molecule has 3 aromatic rings. The van der Waals surface area contributed by atoms with Gasteiger partial charge in [-0.3, -0.25) is 15.0 Å². The number of hydrogen-bond acceptors (Lipinski definition) is 4. The molecule has 0 bridgehead atoms. The van der Waals surface area contributed by atoms with Gasteiger partial charge in [-0.15, -0.1) is 0 Å². The van der Waals surface area contributed by atoms with E-state index in [1.165, 1.54) is 0 Å². The van der Waals surface area contributed by atoms with Crippen molar-refractivity contribution in [1.82, 2.24) is 4.98 Å². The summed E-state index contributed by atoms with van der Waals surface area (Å²) in [6.45, 7) is 0. The summed E-state index contributed by atoms with van der Waals surface area (Å²) in [7, 11) is 0. The first-order valence-electron chi connectivity index (χ1n) is 8.88. The van der Waals surface area contributed by atoms with Crippen LogP contribution in [-0.4, -0.2) is 22.5 Å². The highest BCUT2D eigenvalue weighted by molar-refractivity contribution is 9.10. The van der Waals surface area contributed by atoms with Crippen molar-refractivity contribution in [2.45, 2.75) is 12.8 Å². The predicted molar refractivity (Wildman–Crippen MR) is 116 cm³/mol. The van der Waals surface area contributed by atoms with Gasteiger partial charge in [-0.1, -0.05) is 48.5 Å². The molecule has 4 N–H and O–H groups in total. The summed E-state index contributed by atoms with van der Waals surface area (Å²) in [6.07, 6.45) is 1.93. The molecule has 3 rings (SSSR count). The van der Waals surface area contributed by atoms with Gasteiger partial charge < -0.3 is 11.1 Å². The number of nitrogens with one attached hydrogen (secondary N) is 2. The van der Waals surface area contributed by atoms with Gasteiger partial charge in [0, 0.05) is 28.2 Å². The molecule has 0 saturated carbocycles. The number of Topliss-reactive ketones (excluding diaryl/α,β-unsaturated/α-hetero) is 1. The Bertz CT molecular complexity index is 1050. The Morgan fingerprint density at radius 3 is 2.14 bits per heavy atom. The van der Waals surface area contributed by atoms with E-state index in [0.29, 0.717) is 16.9 Å². The number of amides is 1. The zero-order valence-electron chi connectivity index (χ0n) is 15.5. The number of nitrogens with zero attached hydrogens (tertiary/aromatic N) is 1. The average Bonchev–Trinajstić information content (AvgIpc) is 2.71. The van der Waals surface area contributed by atoms with Crippen LogP contribution in [0.15, 0.2) is 71.3 Å². The van der Waals surface area contributed by atoms with Crippen molar-refractivity contribution < 1.29 is 9.59 Å². The number of carbonyl (C=O) groups excluding carboxylic acids is 2. The minimum absolute atomic E-state index is 0.0411. The Hall–Kier alpha value is -3.32. The van der Waals surface area contributed by atoms with Crippen molar-refractivity contribution >= 4 is 39.3 Å². The summed E-state index contributed by atoms with van der Waals surface area (Å²) in [6, 6.07) is 17.5. The monoisotopic (exact) mass is 450 g/mol. The van der Waals surface area contributed by atoms with Crippen molar-refractivity contribution in [3.63, 3.8) is 0 Å². The quantitative estimate of drug-likeness (QED) is 0.289. The van der Waals surface area contributed by atoms with Crippen molar-refractivity contribution in [3.8, 4) is 0 Å². The number of rotatable bonds is 7. The summed E-state index contributed by atoms with van der Waals surface area (Å²) in [5, 5.41) is 10.2. The number of carbonyl (C=O) groups is 2. The second-order valence-electron chi connectivity index (χ2n) is 6.45. The molecule has 1 heterocycles. The highest BCUT2D eigenvalue weighted by Crippen LogP contribution is 2.16. The lowest BCUT2D eigenvalue weighted by molar-refractivity contribution is -0.115. The van der Waals surface area contributed by atoms with Crippen LogP contribution in [0.1, 0.15) is 27.0 Å². The zero-order valence-corrected chi connectivity index (χ0v) is 17.1. The van der Waals surface area contributed by atoms with Crippen LogP contribution < -0.4 is 11.1 Å². The number of aromatic nitrogens is 1. The van der Waals surface area contributed by atoms with E-state index in [0.717, 1.165) is 15.6 Å². The van der Waals surface area contributed by atoms with Crippen LogP contribution in [0.5, 0.6) is 0 Å². The minimum atomic E-state index is -0.203. The Morgan fingerprint density at radius 1 is 0.931 bits per heavy atom. The maximum Gasteiger partial charge on any atom is 0.229 e. The topological polar surface area (TPSA) is 109 Å². The molecule has 0 aliphatic rings. The van der Waals surface area contributed by atoms with Crippen LogP contribution in [0.3, 0.4) is 0 Å². The van der Waals surface area contributed by atoms with Crippen LogP contribution in [0, 0.1) is 5.41 Å². The van der Waals surface area contributed by atoms with E-state index < -0.39 is 0 Å². The van der Waals surface area contributed by atoms with Gasteiger partial charge >= 0.3 is 0 Å². The number of halogens is 1. The number of hydrogen-bond donors (Lipinski definition) is 3. The van der Waals surface area contributed by atoms with Crippen molar-refractivity contribution in [2.75, 3.05) is 5.32 Å². The molecular formula is C22H19BrN4O2. The highest BCUT2D eigenvalue weighted by atomic mass is 79.9. The van der Waals surface area contributed by atoms with E-state index in [-0.39, 0.29) is 30.4 Å². The molecule has 29 heavy (non-hydrogen) atoms. The molecule has 1 aromatic heterocycles. The van der Waals surface area contributed by atoms with Gasteiger partial charge in [-0.2, -0.15) is 0 Å². The SMILES string of the molecule is N=C(N)c1ccc(C(=O)Cc2ccccc2CC(=O)Nc2ccc(Br)cn2)cc1. The van der Waals surface area contributed by atoms with Gasteiger partial charge in [0.25, 0.3) is 0 Å². The molecule has 0 atom stereocenters. The number of pyridine rings is 1. The smallest absolute Gasteiger partial charge is 0.229 e. The highest BCUT2D eigenvalue weighted by Gasteiger charge is 2.13. The van der Waals surface area contributed by atoms with Gasteiger partial charge in [0.1, 0.15) is 11.7 Å². The molecule has 0 fully saturated rings. The van der Waals surface area contributed by atoms with Gasteiger partial charge in [0.15, 0.2) is 5.78 Å². The molecular weight excluding hydrogens is 432 g/mol. The number of nitrogen functional groups attached to an aromatic ring is 1. The summed E-state index contributed by atoms with van der Waals surface area (Å²) >= 11 is 3.30. The molecule has 6 nitrogen and oxygen atoms in total. The van der Waals surface area contributed by atoms with Gasteiger partial charge in [-0.05, 0) is 39.2 Å². The third kappa shape index (κ3) is 5.58. The largest absolute Gasteiger partial charge is 0.384 e. The zero-order chi connectivity index (χ0) is 20.8. The predicted octanol–water partition coefficient (Wildman–Crippen LogP) is 3.73. The van der Waals surface area contributed by atoms with E-state index in [9.17, 15) is 9.59 Å². The molecule has 146 valence electrons. The maximum absolute atomic E-state index is 12.7. The molecule has 2 aromatic carbocycles. The first kappa shape index (κ1) is 20.4. The average molecular weight is 451 g/mol. The Balaban J connectivity index is 1.69. The molecule has 7 heteroatoms. The van der Waals surface area contributed by atoms with Gasteiger partial charge in [0.2, 0.25) is 5.91 Å². The van der Waals surface area contributed by atoms with E-state index in [4.69, 9.17) is 11.1 Å². The van der Waals surface area contributed by atoms with Crippen LogP contribution in [-0.2, 0) is 17.6 Å². The van der Waals surface area contributed by atoms with Crippen molar-refractivity contribution in [2.24, 2.45) is 5.73 Å². The molecule has 0 aliphatic heterocycles. The van der Waals surface area contributed by atoms with Crippen LogP contribution in [0.25, 0.3) is 0 Å². The molecule has 0 radical (unpaired) electrons. The standard InChI is InChI=1S/C22H19BrN4O2/c23-18-9-10-20(26-13-18)27-21(29)12-17-4-2-1-3-16(17)11-19(28)14-5-7-15(8-6-14)22(24)25/h1-10,13H,11-12H2,(H3,24,25)(H,26,27,29). The van der Waals surface area contributed by atoms with Gasteiger partial charge in [0.05, 0.1) is 6.42 Å². The molecule has 0 unspecified atom stereocenters. The van der Waals surface area contributed by atoms with Crippen LogP contribution >= 0.6 is 15.9 Å². The van der Waals surface area contributed by atoms with E-state index in [2.05, 4.69) is 26.2 Å². The lowest BCUT2D eigenvalue weighted by atomic mass is 9.96. The number of benzene rings is 2. The van der Waals surface area contributed by atoms with Crippen LogP contribution in [0.2, 0.25) is 0 Å². The van der Waals surface area contributed by atoms with Crippen molar-refractivity contribution in [3.05, 3.63) is 93.6 Å². The number of ketones is 1. The first-order chi connectivity index (χ1) is 13.9. The van der Waals surface area contributed by atoms with E-state index >= 15 is 0 Å². The second-order valence-corrected chi connectivity index (χ2v) is 7.36. The third-order valence-corrected chi connectivity index (χ3v) is 4.80. The second kappa shape index (κ2) is 9.25. The Kier molecular flexibility index (Phi) is 6.51. The summed E-state index contributed by atoms with van der Waals surface area (Å²) in [5.74, 6) is 0.158. The fraction of sp³-hybridized carbons (Fsp3) is 0.0909. The lowest BCUT2D eigenvalue weighted by Gasteiger charge is -2.10. The minimum Gasteiger partial charge on any atom is -0.384 e. The number of nitrogens with two attached hydrogens (primary N) is 1. The fourth-order valence-electron chi connectivity index (χ4n) is 2.82. The Labute approximate surface area is 176 Å². The normalized spacial score (nSPS) is 10.4. The molecule has 0 aliphatic carbocycles. The Morgan fingerprint density at radius 2 is 1.55 bits per heavy atom. The van der Waals surface area contributed by atoms with E-state index in [1.807, 2.05) is 24.3 Å². The van der Waals surface area contributed by atoms with Gasteiger partial charge in [-0.25, -0.2) is 4.98 Å². The fourth-order valence-corrected chi connectivity index (χ4v) is 3.06. The third-order valence-electron chi connectivity index (χ3n) is 4.33.